The van der Waals surface area contributed by atoms with E-state index in [1.807, 2.05) is 29.7 Å². The number of nitrogens with one attached hydrogen (secondary N) is 1. The van der Waals surface area contributed by atoms with Crippen LogP contribution >= 0.6 is 46.5 Å². The Kier molecular flexibility index (Phi) is 6.93. The molecule has 4 rings (SSSR count). The lowest BCUT2D eigenvalue weighted by Crippen LogP contribution is -2.14. The summed E-state index contributed by atoms with van der Waals surface area (Å²) in [6.45, 7) is 2.79. The smallest absolute Gasteiger partial charge is 0.234 e. The number of benzene rings is 2. The van der Waals surface area contributed by atoms with Gasteiger partial charge >= 0.3 is 0 Å². The van der Waals surface area contributed by atoms with Crippen LogP contribution in [0.5, 0.6) is 0 Å². The van der Waals surface area contributed by atoms with Crippen LogP contribution in [0.15, 0.2) is 58.0 Å². The van der Waals surface area contributed by atoms with Crippen molar-refractivity contribution in [1.82, 2.24) is 19.7 Å². The van der Waals surface area contributed by atoms with E-state index in [-0.39, 0.29) is 11.7 Å². The van der Waals surface area contributed by atoms with E-state index in [2.05, 4.69) is 26.6 Å². The lowest BCUT2D eigenvalue weighted by molar-refractivity contribution is -0.113. The van der Waals surface area contributed by atoms with Crippen molar-refractivity contribution in [2.24, 2.45) is 0 Å². The fourth-order valence-corrected chi connectivity index (χ4v) is 5.70. The van der Waals surface area contributed by atoms with Crippen LogP contribution in [-0.4, -0.2) is 31.4 Å². The summed E-state index contributed by atoms with van der Waals surface area (Å²) in [5.41, 5.74) is 1.74. The normalized spacial score (nSPS) is 11.1. The number of rotatable bonds is 8. The van der Waals surface area contributed by atoms with Crippen molar-refractivity contribution in [3.05, 3.63) is 59.4 Å². The average molecular weight is 476 g/mol. The predicted octanol–water partition coefficient (Wildman–Crippen LogP) is 5.58. The van der Waals surface area contributed by atoms with Gasteiger partial charge in [0.05, 0.1) is 21.7 Å². The SMILES string of the molecule is CCn1c(CSc2nc3ccccc3s2)nnc1SCC(=O)Nc1ccc(Cl)cc1. The van der Waals surface area contributed by atoms with Crippen molar-refractivity contribution in [3.63, 3.8) is 0 Å². The Balaban J connectivity index is 1.35. The van der Waals surface area contributed by atoms with Crippen molar-refractivity contribution in [1.29, 1.82) is 0 Å². The highest BCUT2D eigenvalue weighted by atomic mass is 35.5. The van der Waals surface area contributed by atoms with Gasteiger partial charge in [0.25, 0.3) is 0 Å². The number of amides is 1. The van der Waals surface area contributed by atoms with Gasteiger partial charge in [0.1, 0.15) is 5.82 Å². The summed E-state index contributed by atoms with van der Waals surface area (Å²) in [5, 5.41) is 12.8. The molecule has 1 amide bonds. The molecule has 0 aliphatic carbocycles. The molecule has 10 heteroatoms. The van der Waals surface area contributed by atoms with Crippen LogP contribution < -0.4 is 5.32 Å². The van der Waals surface area contributed by atoms with Crippen molar-refractivity contribution >= 4 is 68.3 Å². The minimum absolute atomic E-state index is 0.0987. The number of thioether (sulfide) groups is 2. The van der Waals surface area contributed by atoms with Gasteiger partial charge in [-0.2, -0.15) is 0 Å². The molecule has 0 spiro atoms. The fraction of sp³-hybridized carbons (Fsp3) is 0.200. The summed E-state index contributed by atoms with van der Waals surface area (Å²) in [6.07, 6.45) is 0. The zero-order valence-corrected chi connectivity index (χ0v) is 19.2. The number of halogens is 1. The van der Waals surface area contributed by atoms with Gasteiger partial charge in [-0.15, -0.1) is 21.5 Å². The quantitative estimate of drug-likeness (QED) is 0.335. The zero-order chi connectivity index (χ0) is 20.9. The first kappa shape index (κ1) is 21.2. The molecule has 0 atom stereocenters. The number of nitrogens with zero attached hydrogens (tertiary/aromatic N) is 4. The average Bonchev–Trinajstić information content (AvgIpc) is 3.35. The van der Waals surface area contributed by atoms with E-state index >= 15 is 0 Å². The van der Waals surface area contributed by atoms with Crippen LogP contribution in [-0.2, 0) is 17.1 Å². The second-order valence-electron chi connectivity index (χ2n) is 6.22. The molecule has 1 N–H and O–H groups in total. The predicted molar refractivity (Wildman–Crippen MR) is 126 cm³/mol. The highest BCUT2D eigenvalue weighted by Gasteiger charge is 2.14. The Labute approximate surface area is 191 Å². The Morgan fingerprint density at radius 3 is 2.70 bits per heavy atom. The molecule has 2 heterocycles. The number of carbonyl (C=O) groups is 1. The maximum Gasteiger partial charge on any atom is 0.234 e. The third-order valence-electron chi connectivity index (χ3n) is 4.17. The summed E-state index contributed by atoms with van der Waals surface area (Å²) in [7, 11) is 0. The van der Waals surface area contributed by atoms with Gasteiger partial charge < -0.3 is 9.88 Å². The molecule has 2 aromatic carbocycles. The van der Waals surface area contributed by atoms with Crippen LogP contribution in [0.4, 0.5) is 5.69 Å². The molecule has 0 aliphatic heterocycles. The molecule has 0 fully saturated rings. The van der Waals surface area contributed by atoms with Crippen molar-refractivity contribution in [2.45, 2.75) is 28.7 Å². The summed E-state index contributed by atoms with van der Waals surface area (Å²) < 4.78 is 4.24. The van der Waals surface area contributed by atoms with Crippen molar-refractivity contribution in [3.8, 4) is 0 Å². The second kappa shape index (κ2) is 9.82. The van der Waals surface area contributed by atoms with Gasteiger partial charge in [-0.25, -0.2) is 4.98 Å². The van der Waals surface area contributed by atoms with E-state index in [1.165, 1.54) is 16.5 Å². The zero-order valence-electron chi connectivity index (χ0n) is 16.0. The van der Waals surface area contributed by atoms with E-state index in [0.717, 1.165) is 33.1 Å². The summed E-state index contributed by atoms with van der Waals surface area (Å²) >= 11 is 10.6. The van der Waals surface area contributed by atoms with E-state index < -0.39 is 0 Å². The van der Waals surface area contributed by atoms with Crippen molar-refractivity contribution in [2.75, 3.05) is 11.1 Å². The third-order valence-corrected chi connectivity index (χ3v) is 7.56. The van der Waals surface area contributed by atoms with Gasteiger partial charge in [-0.3, -0.25) is 4.79 Å². The van der Waals surface area contributed by atoms with Gasteiger partial charge in [-0.1, -0.05) is 47.3 Å². The molecular weight excluding hydrogens is 458 g/mol. The molecule has 0 unspecified atom stereocenters. The van der Waals surface area contributed by atoms with Crippen LogP contribution in [0.2, 0.25) is 5.02 Å². The molecule has 0 aliphatic rings. The molecule has 0 radical (unpaired) electrons. The van der Waals surface area contributed by atoms with E-state index in [0.29, 0.717) is 10.8 Å². The first-order valence-corrected chi connectivity index (χ1v) is 12.4. The lowest BCUT2D eigenvalue weighted by Gasteiger charge is -2.07. The van der Waals surface area contributed by atoms with E-state index in [4.69, 9.17) is 11.6 Å². The molecule has 0 saturated carbocycles. The largest absolute Gasteiger partial charge is 0.325 e. The number of hydrogen-bond donors (Lipinski definition) is 1. The van der Waals surface area contributed by atoms with E-state index in [9.17, 15) is 4.79 Å². The molecule has 30 heavy (non-hydrogen) atoms. The number of aromatic nitrogens is 4. The molecule has 4 aromatic rings. The number of carbonyl (C=O) groups excluding carboxylic acids is 1. The summed E-state index contributed by atoms with van der Waals surface area (Å²) in [5.74, 6) is 1.71. The Morgan fingerprint density at radius 2 is 1.93 bits per heavy atom. The molecule has 6 nitrogen and oxygen atoms in total. The van der Waals surface area contributed by atoms with Crippen LogP contribution in [0.1, 0.15) is 12.7 Å². The topological polar surface area (TPSA) is 72.7 Å². The second-order valence-corrected chi connectivity index (χ2v) is 9.86. The summed E-state index contributed by atoms with van der Waals surface area (Å²) in [6, 6.07) is 15.2. The molecule has 154 valence electrons. The Bertz CT molecular complexity index is 1130. The van der Waals surface area contributed by atoms with Crippen LogP contribution in [0.3, 0.4) is 0 Å². The van der Waals surface area contributed by atoms with Crippen LogP contribution in [0.25, 0.3) is 10.2 Å². The molecular formula is C20H18ClN5OS3. The number of thiazole rings is 1. The Morgan fingerprint density at radius 1 is 1.13 bits per heavy atom. The number of hydrogen-bond acceptors (Lipinski definition) is 7. The van der Waals surface area contributed by atoms with Crippen LogP contribution in [0, 0.1) is 0 Å². The third kappa shape index (κ3) is 5.15. The van der Waals surface area contributed by atoms with Gasteiger partial charge in [0.2, 0.25) is 5.91 Å². The van der Waals surface area contributed by atoms with Gasteiger partial charge in [0.15, 0.2) is 9.50 Å². The maximum atomic E-state index is 12.2. The molecule has 2 aromatic heterocycles. The van der Waals surface area contributed by atoms with Gasteiger partial charge in [-0.05, 0) is 43.3 Å². The minimum atomic E-state index is -0.0987. The highest BCUT2D eigenvalue weighted by Crippen LogP contribution is 2.31. The van der Waals surface area contributed by atoms with Gasteiger partial charge in [0, 0.05) is 17.3 Å². The number of para-hydroxylation sites is 1. The Hall–Kier alpha value is -2.07. The number of fused-ring (bicyclic) bond motifs is 1. The number of anilines is 1. The molecule has 0 bridgehead atoms. The fourth-order valence-electron chi connectivity index (χ4n) is 2.75. The standard InChI is InChI=1S/C20H18ClN5OS3/c1-2-26-17(11-29-20-23-15-5-3-4-6-16(15)30-20)24-25-19(26)28-12-18(27)22-14-9-7-13(21)8-10-14/h3-10H,2,11-12H2,1H3,(H,22,27). The monoisotopic (exact) mass is 475 g/mol. The summed E-state index contributed by atoms with van der Waals surface area (Å²) in [4.78, 5) is 16.9. The first-order chi connectivity index (χ1) is 14.6. The maximum absolute atomic E-state index is 12.2. The highest BCUT2D eigenvalue weighted by molar-refractivity contribution is 8.00. The van der Waals surface area contributed by atoms with Crippen molar-refractivity contribution < 1.29 is 4.79 Å². The first-order valence-electron chi connectivity index (χ1n) is 9.21. The minimum Gasteiger partial charge on any atom is -0.325 e. The van der Waals surface area contributed by atoms with E-state index in [1.54, 1.807) is 47.4 Å². The lowest BCUT2D eigenvalue weighted by atomic mass is 10.3. The molecule has 0 saturated heterocycles.